The van der Waals surface area contributed by atoms with E-state index in [1.807, 2.05) is 24.4 Å². The van der Waals surface area contributed by atoms with E-state index in [0.717, 1.165) is 42.0 Å². The van der Waals surface area contributed by atoms with E-state index in [4.69, 9.17) is 0 Å². The van der Waals surface area contributed by atoms with Crippen molar-refractivity contribution < 1.29 is 5.11 Å². The van der Waals surface area contributed by atoms with Crippen LogP contribution in [0.3, 0.4) is 0 Å². The smallest absolute Gasteiger partial charge is 0.0937 e. The van der Waals surface area contributed by atoms with Gasteiger partial charge in [-0.05, 0) is 37.9 Å². The maximum atomic E-state index is 10.5. The molecule has 0 spiro atoms. The summed E-state index contributed by atoms with van der Waals surface area (Å²) in [6.07, 6.45) is 4.05. The van der Waals surface area contributed by atoms with Gasteiger partial charge in [0.15, 0.2) is 0 Å². The zero-order valence-corrected chi connectivity index (χ0v) is 11.5. The highest BCUT2D eigenvalue weighted by Crippen LogP contribution is 2.26. The molecule has 2 N–H and O–H groups in total. The van der Waals surface area contributed by atoms with E-state index >= 15 is 0 Å². The Morgan fingerprint density at radius 2 is 2.05 bits per heavy atom. The van der Waals surface area contributed by atoms with E-state index in [2.05, 4.69) is 22.9 Å². The van der Waals surface area contributed by atoms with E-state index in [9.17, 15) is 5.11 Å². The molecular formula is C16H22N2O. The number of hydrogen-bond donors (Lipinski definition) is 2. The molecule has 3 rings (SSSR count). The molecule has 102 valence electrons. The first-order valence-corrected chi connectivity index (χ1v) is 7.20. The van der Waals surface area contributed by atoms with Crippen molar-refractivity contribution in [3.63, 3.8) is 0 Å². The summed E-state index contributed by atoms with van der Waals surface area (Å²) >= 11 is 0. The lowest BCUT2D eigenvalue weighted by Gasteiger charge is -2.31. The van der Waals surface area contributed by atoms with Crippen molar-refractivity contribution in [3.8, 4) is 0 Å². The van der Waals surface area contributed by atoms with Crippen molar-refractivity contribution in [3.05, 3.63) is 36.0 Å². The molecular weight excluding hydrogens is 236 g/mol. The quantitative estimate of drug-likeness (QED) is 0.888. The van der Waals surface area contributed by atoms with Crippen LogP contribution in [0.2, 0.25) is 0 Å². The minimum atomic E-state index is -0.399. The van der Waals surface area contributed by atoms with Crippen LogP contribution < -0.4 is 0 Å². The van der Waals surface area contributed by atoms with Crippen LogP contribution in [0.5, 0.6) is 0 Å². The lowest BCUT2D eigenvalue weighted by Crippen LogP contribution is -2.35. The van der Waals surface area contributed by atoms with Crippen LogP contribution in [0.1, 0.15) is 31.4 Å². The van der Waals surface area contributed by atoms with Crippen LogP contribution in [0, 0.1) is 5.92 Å². The first-order valence-electron chi connectivity index (χ1n) is 7.20. The van der Waals surface area contributed by atoms with Gasteiger partial charge in [-0.1, -0.05) is 25.1 Å². The normalized spacial score (nSPS) is 19.9. The highest BCUT2D eigenvalue weighted by atomic mass is 16.3. The monoisotopic (exact) mass is 258 g/mol. The number of β-amino-alcohol motifs (C(OH)–C–C–N with tert-alkyl or cyclic N) is 1. The number of piperidine rings is 1. The second kappa shape index (κ2) is 5.35. The lowest BCUT2D eigenvalue weighted by molar-refractivity contribution is 0.0925. The maximum Gasteiger partial charge on any atom is 0.0937 e. The van der Waals surface area contributed by atoms with Gasteiger partial charge in [0.25, 0.3) is 0 Å². The molecule has 2 heterocycles. The van der Waals surface area contributed by atoms with Crippen LogP contribution in [0.25, 0.3) is 10.9 Å². The van der Waals surface area contributed by atoms with Crippen LogP contribution in [-0.2, 0) is 0 Å². The van der Waals surface area contributed by atoms with Crippen molar-refractivity contribution in [1.82, 2.24) is 9.88 Å². The Balaban J connectivity index is 1.71. The fraction of sp³-hybridized carbons (Fsp3) is 0.500. The summed E-state index contributed by atoms with van der Waals surface area (Å²) in [5.41, 5.74) is 2.12. The standard InChI is InChI=1S/C16H22N2O/c1-12-6-8-18(9-7-12)11-16(19)14-10-17-15-5-3-2-4-13(14)15/h2-5,10,12,16-17,19H,6-9,11H2,1H3/t16-/m1/s1. The second-order valence-corrected chi connectivity index (χ2v) is 5.79. The van der Waals surface area contributed by atoms with Crippen molar-refractivity contribution in [2.75, 3.05) is 19.6 Å². The average molecular weight is 258 g/mol. The first-order chi connectivity index (χ1) is 9.24. The summed E-state index contributed by atoms with van der Waals surface area (Å²) in [7, 11) is 0. The number of aromatic amines is 1. The highest BCUT2D eigenvalue weighted by molar-refractivity contribution is 5.83. The number of nitrogens with one attached hydrogen (secondary N) is 1. The number of para-hydroxylation sites is 1. The molecule has 1 fully saturated rings. The molecule has 1 atom stereocenters. The number of nitrogens with zero attached hydrogens (tertiary/aromatic N) is 1. The van der Waals surface area contributed by atoms with Gasteiger partial charge in [-0.2, -0.15) is 0 Å². The van der Waals surface area contributed by atoms with Gasteiger partial charge in [0.2, 0.25) is 0 Å². The predicted molar refractivity (Wildman–Crippen MR) is 78.1 cm³/mol. The second-order valence-electron chi connectivity index (χ2n) is 5.79. The zero-order valence-electron chi connectivity index (χ0n) is 11.5. The van der Waals surface area contributed by atoms with Gasteiger partial charge in [0.1, 0.15) is 0 Å². The first kappa shape index (κ1) is 12.7. The maximum absolute atomic E-state index is 10.5. The van der Waals surface area contributed by atoms with Gasteiger partial charge in [0.05, 0.1) is 6.10 Å². The molecule has 1 saturated heterocycles. The molecule has 1 aromatic carbocycles. The van der Waals surface area contributed by atoms with Gasteiger partial charge in [-0.3, -0.25) is 0 Å². The molecule has 1 aromatic heterocycles. The number of likely N-dealkylation sites (tertiary alicyclic amines) is 1. The number of fused-ring (bicyclic) bond motifs is 1. The predicted octanol–water partition coefficient (Wildman–Crippen LogP) is 2.93. The molecule has 0 saturated carbocycles. The van der Waals surface area contributed by atoms with Crippen molar-refractivity contribution >= 4 is 10.9 Å². The summed E-state index contributed by atoms with van der Waals surface area (Å²) < 4.78 is 0. The molecule has 1 aliphatic heterocycles. The van der Waals surface area contributed by atoms with Crippen molar-refractivity contribution in [1.29, 1.82) is 0 Å². The number of aliphatic hydroxyl groups excluding tert-OH is 1. The van der Waals surface area contributed by atoms with Gasteiger partial charge < -0.3 is 15.0 Å². The Kier molecular flexibility index (Phi) is 3.58. The van der Waals surface area contributed by atoms with Crippen LogP contribution >= 0.6 is 0 Å². The number of aliphatic hydroxyl groups is 1. The summed E-state index contributed by atoms with van der Waals surface area (Å²) in [6.45, 7) is 5.28. The third-order valence-electron chi connectivity index (χ3n) is 4.29. The molecule has 3 nitrogen and oxygen atoms in total. The van der Waals surface area contributed by atoms with E-state index in [-0.39, 0.29) is 0 Å². The van der Waals surface area contributed by atoms with E-state index < -0.39 is 6.10 Å². The minimum absolute atomic E-state index is 0.399. The summed E-state index contributed by atoms with van der Waals surface area (Å²) in [4.78, 5) is 5.62. The van der Waals surface area contributed by atoms with E-state index in [0.29, 0.717) is 0 Å². The summed E-state index contributed by atoms with van der Waals surface area (Å²) in [5, 5.41) is 11.6. The molecule has 0 radical (unpaired) electrons. The van der Waals surface area contributed by atoms with Crippen molar-refractivity contribution in [2.24, 2.45) is 5.92 Å². The molecule has 2 aromatic rings. The molecule has 0 bridgehead atoms. The van der Waals surface area contributed by atoms with Gasteiger partial charge in [0, 0.05) is 29.2 Å². The van der Waals surface area contributed by atoms with Gasteiger partial charge in [-0.25, -0.2) is 0 Å². The fourth-order valence-electron chi connectivity index (χ4n) is 2.96. The number of benzene rings is 1. The largest absolute Gasteiger partial charge is 0.387 e. The number of hydrogen-bond acceptors (Lipinski definition) is 2. The van der Waals surface area contributed by atoms with Crippen LogP contribution in [0.4, 0.5) is 0 Å². The highest BCUT2D eigenvalue weighted by Gasteiger charge is 2.20. The number of H-pyrrole nitrogens is 1. The molecule has 0 unspecified atom stereocenters. The molecule has 1 aliphatic rings. The SMILES string of the molecule is CC1CCN(C[C@@H](O)c2c[nH]c3ccccc23)CC1. The minimum Gasteiger partial charge on any atom is -0.387 e. The van der Waals surface area contributed by atoms with Crippen LogP contribution in [0.15, 0.2) is 30.5 Å². The van der Waals surface area contributed by atoms with Gasteiger partial charge >= 0.3 is 0 Å². The Morgan fingerprint density at radius 1 is 1.32 bits per heavy atom. The lowest BCUT2D eigenvalue weighted by atomic mass is 9.98. The number of aromatic nitrogens is 1. The Labute approximate surface area is 114 Å². The van der Waals surface area contributed by atoms with Crippen molar-refractivity contribution in [2.45, 2.75) is 25.9 Å². The number of rotatable bonds is 3. The molecule has 0 aliphatic carbocycles. The van der Waals surface area contributed by atoms with E-state index in [1.165, 1.54) is 12.8 Å². The third kappa shape index (κ3) is 2.67. The summed E-state index contributed by atoms with van der Waals surface area (Å²) in [5.74, 6) is 0.835. The van der Waals surface area contributed by atoms with Crippen LogP contribution in [-0.4, -0.2) is 34.6 Å². The summed E-state index contributed by atoms with van der Waals surface area (Å²) in [6, 6.07) is 8.16. The Hall–Kier alpha value is -1.32. The molecule has 0 amide bonds. The molecule has 19 heavy (non-hydrogen) atoms. The zero-order chi connectivity index (χ0) is 13.2. The van der Waals surface area contributed by atoms with E-state index in [1.54, 1.807) is 0 Å². The van der Waals surface area contributed by atoms with Gasteiger partial charge in [-0.15, -0.1) is 0 Å². The average Bonchev–Trinajstić information content (AvgIpc) is 2.85. The topological polar surface area (TPSA) is 39.3 Å². The molecule has 3 heteroatoms. The third-order valence-corrected chi connectivity index (χ3v) is 4.29. The Bertz CT molecular complexity index is 540. The fourth-order valence-corrected chi connectivity index (χ4v) is 2.96. The Morgan fingerprint density at radius 3 is 2.84 bits per heavy atom.